The third-order valence-electron chi connectivity index (χ3n) is 4.79. The van der Waals surface area contributed by atoms with Crippen LogP contribution in [0.25, 0.3) is 10.1 Å². The van der Waals surface area contributed by atoms with E-state index >= 15 is 0 Å². The van der Waals surface area contributed by atoms with Crippen LogP contribution in [0.3, 0.4) is 0 Å². The van der Waals surface area contributed by atoms with Gasteiger partial charge in [0.15, 0.2) is 6.61 Å². The quantitative estimate of drug-likeness (QED) is 0.547. The molecule has 1 aliphatic heterocycles. The fraction of sp³-hybridized carbons (Fsp3) is 0.238. The number of nitrogens with zero attached hydrogens (tertiary/aromatic N) is 1. The number of hydrogen-bond donors (Lipinski definition) is 1. The van der Waals surface area contributed by atoms with Gasteiger partial charge in [-0.1, -0.05) is 6.07 Å². The number of carbonyl (C=O) groups is 2. The molecule has 11 heteroatoms. The van der Waals surface area contributed by atoms with Crippen LogP contribution in [0.4, 0.5) is 10.1 Å². The Morgan fingerprint density at radius 3 is 2.53 bits per heavy atom. The average Bonchev–Trinajstić information content (AvgIpc) is 3.24. The van der Waals surface area contributed by atoms with Gasteiger partial charge < -0.3 is 14.8 Å². The molecule has 3 aromatic rings. The Morgan fingerprint density at radius 2 is 1.84 bits per heavy atom. The summed E-state index contributed by atoms with van der Waals surface area (Å²) in [6.07, 6.45) is 0. The van der Waals surface area contributed by atoms with E-state index in [0.29, 0.717) is 42.1 Å². The molecular weight excluding hydrogens is 459 g/mol. The Kier molecular flexibility index (Phi) is 6.51. The maximum atomic E-state index is 13.8. The Morgan fingerprint density at radius 1 is 1.12 bits per heavy atom. The molecule has 0 bridgehead atoms. The van der Waals surface area contributed by atoms with E-state index in [0.717, 1.165) is 11.3 Å². The van der Waals surface area contributed by atoms with Crippen LogP contribution >= 0.6 is 11.3 Å². The monoisotopic (exact) mass is 478 g/mol. The topological polar surface area (TPSA) is 102 Å². The zero-order chi connectivity index (χ0) is 22.7. The van der Waals surface area contributed by atoms with Gasteiger partial charge in [-0.2, -0.15) is 4.31 Å². The molecule has 0 saturated carbocycles. The van der Waals surface area contributed by atoms with Crippen molar-refractivity contribution in [3.63, 3.8) is 0 Å². The van der Waals surface area contributed by atoms with E-state index in [-0.39, 0.29) is 9.77 Å². The molecule has 0 radical (unpaired) electrons. The van der Waals surface area contributed by atoms with Crippen molar-refractivity contribution in [3.05, 3.63) is 59.2 Å². The summed E-state index contributed by atoms with van der Waals surface area (Å²) in [7, 11) is -3.63. The molecule has 0 aliphatic carbocycles. The summed E-state index contributed by atoms with van der Waals surface area (Å²) in [4.78, 5) is 24.6. The predicted molar refractivity (Wildman–Crippen MR) is 117 cm³/mol. The van der Waals surface area contributed by atoms with E-state index in [1.54, 1.807) is 12.1 Å². The lowest BCUT2D eigenvalue weighted by Crippen LogP contribution is -2.40. The van der Waals surface area contributed by atoms with Crippen molar-refractivity contribution in [2.75, 3.05) is 38.2 Å². The van der Waals surface area contributed by atoms with Crippen molar-refractivity contribution >= 4 is 49.0 Å². The number of benzene rings is 2. The molecule has 168 valence electrons. The number of ether oxygens (including phenoxy) is 2. The predicted octanol–water partition coefficient (Wildman–Crippen LogP) is 2.86. The number of fused-ring (bicyclic) bond motifs is 1. The molecular formula is C21H19FN2O6S2. The van der Waals surface area contributed by atoms with Crippen LogP contribution in [-0.4, -0.2) is 57.5 Å². The Labute approximate surface area is 187 Å². The normalized spacial score (nSPS) is 14.9. The molecule has 8 nitrogen and oxygen atoms in total. The molecule has 0 unspecified atom stereocenters. The number of morpholine rings is 1. The summed E-state index contributed by atoms with van der Waals surface area (Å²) in [5, 5.41) is 2.86. The molecule has 0 atom stereocenters. The molecule has 2 heterocycles. The van der Waals surface area contributed by atoms with E-state index < -0.39 is 34.3 Å². The van der Waals surface area contributed by atoms with Crippen LogP contribution in [0.15, 0.2) is 53.4 Å². The second kappa shape index (κ2) is 9.33. The maximum Gasteiger partial charge on any atom is 0.348 e. The SMILES string of the molecule is O=C(COC(=O)c1cc2c(F)cccc2s1)Nc1ccc(S(=O)(=O)N2CCOCC2)cc1. The number of halogens is 1. The van der Waals surface area contributed by atoms with Gasteiger partial charge >= 0.3 is 5.97 Å². The Hall–Kier alpha value is -2.86. The first kappa shape index (κ1) is 22.3. The molecule has 1 aromatic heterocycles. The number of anilines is 1. The summed E-state index contributed by atoms with van der Waals surface area (Å²) in [5.41, 5.74) is 0.357. The number of rotatable bonds is 6. The first-order chi connectivity index (χ1) is 15.3. The lowest BCUT2D eigenvalue weighted by Gasteiger charge is -2.26. The molecule has 0 spiro atoms. The Balaban J connectivity index is 1.33. The molecule has 2 aromatic carbocycles. The second-order valence-electron chi connectivity index (χ2n) is 6.93. The van der Waals surface area contributed by atoms with Crippen LogP contribution < -0.4 is 5.32 Å². The minimum absolute atomic E-state index is 0.112. The van der Waals surface area contributed by atoms with Gasteiger partial charge in [0, 0.05) is 28.9 Å². The number of hydrogen-bond acceptors (Lipinski definition) is 7. The molecule has 1 aliphatic rings. The van der Waals surface area contributed by atoms with Crippen LogP contribution in [0.1, 0.15) is 9.67 Å². The highest BCUT2D eigenvalue weighted by Crippen LogP contribution is 2.28. The number of sulfonamides is 1. The zero-order valence-electron chi connectivity index (χ0n) is 16.7. The van der Waals surface area contributed by atoms with Crippen molar-refractivity contribution in [1.82, 2.24) is 4.31 Å². The van der Waals surface area contributed by atoms with Crippen LogP contribution in [-0.2, 0) is 24.3 Å². The summed E-state index contributed by atoms with van der Waals surface area (Å²) in [6.45, 7) is 0.742. The van der Waals surface area contributed by atoms with E-state index in [1.807, 2.05) is 0 Å². The summed E-state index contributed by atoms with van der Waals surface area (Å²) >= 11 is 1.08. The number of carbonyl (C=O) groups excluding carboxylic acids is 2. The van der Waals surface area contributed by atoms with Crippen molar-refractivity contribution in [2.45, 2.75) is 4.90 Å². The van der Waals surface area contributed by atoms with Gasteiger partial charge in [-0.05, 0) is 42.5 Å². The largest absolute Gasteiger partial charge is 0.451 e. The first-order valence-corrected chi connectivity index (χ1v) is 11.9. The van der Waals surface area contributed by atoms with E-state index in [1.165, 1.54) is 40.7 Å². The van der Waals surface area contributed by atoms with Gasteiger partial charge in [-0.3, -0.25) is 4.79 Å². The number of thiophene rings is 1. The number of nitrogens with one attached hydrogen (secondary N) is 1. The Bertz CT molecular complexity index is 1250. The number of amides is 1. The van der Waals surface area contributed by atoms with E-state index in [4.69, 9.17) is 9.47 Å². The molecule has 1 N–H and O–H groups in total. The van der Waals surface area contributed by atoms with Gasteiger partial charge in [0.2, 0.25) is 10.0 Å². The van der Waals surface area contributed by atoms with Crippen molar-refractivity contribution < 1.29 is 31.9 Å². The standard InChI is InChI=1S/C21H19FN2O6S2/c22-17-2-1-3-18-16(17)12-19(31-18)21(26)30-13-20(25)23-14-4-6-15(7-5-14)32(27,28)24-8-10-29-11-9-24/h1-7,12H,8-11,13H2,(H,23,25). The molecule has 4 rings (SSSR count). The molecule has 1 fully saturated rings. The zero-order valence-corrected chi connectivity index (χ0v) is 18.4. The van der Waals surface area contributed by atoms with Crippen molar-refractivity contribution in [2.24, 2.45) is 0 Å². The third-order valence-corrected chi connectivity index (χ3v) is 7.78. The smallest absolute Gasteiger partial charge is 0.348 e. The summed E-state index contributed by atoms with van der Waals surface area (Å²) in [6, 6.07) is 11.7. The van der Waals surface area contributed by atoms with Crippen molar-refractivity contribution in [1.29, 1.82) is 0 Å². The number of esters is 1. The molecule has 1 amide bonds. The van der Waals surface area contributed by atoms with Gasteiger partial charge in [-0.15, -0.1) is 11.3 Å². The van der Waals surface area contributed by atoms with Crippen LogP contribution in [0.2, 0.25) is 0 Å². The fourth-order valence-electron chi connectivity index (χ4n) is 3.17. The summed E-state index contributed by atoms with van der Waals surface area (Å²) in [5.74, 6) is -1.75. The summed E-state index contributed by atoms with van der Waals surface area (Å²) < 4.78 is 51.2. The van der Waals surface area contributed by atoms with Crippen molar-refractivity contribution in [3.8, 4) is 0 Å². The third kappa shape index (κ3) is 4.80. The van der Waals surface area contributed by atoms with E-state index in [2.05, 4.69) is 5.32 Å². The molecule has 1 saturated heterocycles. The lowest BCUT2D eigenvalue weighted by molar-refractivity contribution is -0.119. The highest BCUT2D eigenvalue weighted by atomic mass is 32.2. The van der Waals surface area contributed by atoms with Gasteiger partial charge in [0.05, 0.1) is 18.1 Å². The van der Waals surface area contributed by atoms with E-state index in [9.17, 15) is 22.4 Å². The fourth-order valence-corrected chi connectivity index (χ4v) is 5.55. The average molecular weight is 479 g/mol. The minimum Gasteiger partial charge on any atom is -0.451 e. The highest BCUT2D eigenvalue weighted by Gasteiger charge is 2.26. The highest BCUT2D eigenvalue weighted by molar-refractivity contribution is 7.89. The van der Waals surface area contributed by atoms with Gasteiger partial charge in [0.1, 0.15) is 10.7 Å². The van der Waals surface area contributed by atoms with Crippen LogP contribution in [0, 0.1) is 5.82 Å². The van der Waals surface area contributed by atoms with Gasteiger partial charge in [-0.25, -0.2) is 17.6 Å². The second-order valence-corrected chi connectivity index (χ2v) is 9.95. The molecule has 32 heavy (non-hydrogen) atoms. The lowest BCUT2D eigenvalue weighted by atomic mass is 10.2. The van der Waals surface area contributed by atoms with Gasteiger partial charge in [0.25, 0.3) is 5.91 Å². The maximum absolute atomic E-state index is 13.8. The minimum atomic E-state index is -3.63. The first-order valence-electron chi connectivity index (χ1n) is 9.67. The van der Waals surface area contributed by atoms with Crippen LogP contribution in [0.5, 0.6) is 0 Å².